The zero-order chi connectivity index (χ0) is 31.0. The van der Waals surface area contributed by atoms with Crippen molar-refractivity contribution < 1.29 is 38.1 Å². The SMILES string of the molecule is CS(=O)(=O)N1CCC(c2ccc(-c3cc4nccnc4c(NC[C@@H]4CNCCO4)n3)cc2)CC1.O=C(O)CC(O)C(=O)O. The van der Waals surface area contributed by atoms with Gasteiger partial charge in [-0.05, 0) is 30.4 Å². The Morgan fingerprint density at radius 3 is 2.42 bits per heavy atom. The topological polar surface area (TPSA) is 204 Å². The number of aliphatic carboxylic acids is 2. The number of morpholine rings is 1. The number of aromatic nitrogens is 3. The first-order valence-corrected chi connectivity index (χ1v) is 15.7. The number of hydrogen-bond donors (Lipinski definition) is 5. The van der Waals surface area contributed by atoms with E-state index in [4.69, 9.17) is 25.0 Å². The number of carbonyl (C=O) groups is 2. The fraction of sp³-hybridized carbons (Fsp3) is 0.464. The standard InChI is InChI=1S/C24H30N6O3S.C4H6O5/c1-34(31,32)30-11-6-18(7-12-30)17-2-4-19(5-3-17)21-14-22-23(27-9-8-26-22)24(29-21)28-16-20-15-25-10-13-33-20;5-2(4(8)9)1-3(6)7/h2-5,8-9,14,18,20,25H,6-7,10-13,15-16H2,1H3,(H,28,29);2,5H,1H2,(H,6,7)(H,8,9)/t20-;/m0./s1. The van der Waals surface area contributed by atoms with E-state index in [1.807, 2.05) is 6.07 Å². The Morgan fingerprint density at radius 2 is 1.84 bits per heavy atom. The summed E-state index contributed by atoms with van der Waals surface area (Å²) < 4.78 is 30.9. The summed E-state index contributed by atoms with van der Waals surface area (Å²) in [6.07, 6.45) is 3.86. The Kier molecular flexibility index (Phi) is 10.9. The highest BCUT2D eigenvalue weighted by Gasteiger charge is 2.26. The van der Waals surface area contributed by atoms with Gasteiger partial charge in [0.2, 0.25) is 10.0 Å². The molecule has 2 atom stereocenters. The first kappa shape index (κ1) is 32.2. The van der Waals surface area contributed by atoms with E-state index in [9.17, 15) is 18.0 Å². The van der Waals surface area contributed by atoms with Crippen LogP contribution in [0.4, 0.5) is 5.82 Å². The Bertz CT molecular complexity index is 1510. The normalized spacial score (nSPS) is 18.8. The minimum atomic E-state index is -3.11. The molecule has 0 saturated carbocycles. The molecule has 1 aromatic carbocycles. The predicted octanol–water partition coefficient (Wildman–Crippen LogP) is 1.14. The van der Waals surface area contributed by atoms with E-state index < -0.39 is 34.5 Å². The van der Waals surface area contributed by atoms with Gasteiger partial charge in [-0.15, -0.1) is 0 Å². The summed E-state index contributed by atoms with van der Waals surface area (Å²) in [5.41, 5.74) is 4.59. The average molecular weight is 617 g/mol. The molecule has 3 aromatic rings. The minimum absolute atomic E-state index is 0.0827. The molecule has 15 heteroatoms. The van der Waals surface area contributed by atoms with Crippen LogP contribution in [0.1, 0.15) is 30.7 Å². The lowest BCUT2D eigenvalue weighted by Gasteiger charge is -2.30. The van der Waals surface area contributed by atoms with Gasteiger partial charge in [0.1, 0.15) is 5.52 Å². The van der Waals surface area contributed by atoms with Gasteiger partial charge in [-0.2, -0.15) is 0 Å². The van der Waals surface area contributed by atoms with Crippen LogP contribution in [0.15, 0.2) is 42.7 Å². The maximum Gasteiger partial charge on any atom is 0.333 e. The zero-order valence-corrected chi connectivity index (χ0v) is 24.5. The fourth-order valence-electron chi connectivity index (χ4n) is 4.90. The van der Waals surface area contributed by atoms with Crippen LogP contribution < -0.4 is 10.6 Å². The maximum atomic E-state index is 11.8. The molecule has 2 aromatic heterocycles. The Hall–Kier alpha value is -3.76. The van der Waals surface area contributed by atoms with E-state index in [0.717, 1.165) is 48.2 Å². The van der Waals surface area contributed by atoms with Crippen molar-refractivity contribution in [2.45, 2.75) is 37.4 Å². The second-order valence-corrected chi connectivity index (χ2v) is 12.4. The van der Waals surface area contributed by atoms with Crippen molar-refractivity contribution in [3.63, 3.8) is 0 Å². The summed E-state index contributed by atoms with van der Waals surface area (Å²) in [4.78, 5) is 33.3. The lowest BCUT2D eigenvalue weighted by Crippen LogP contribution is -2.42. The number of sulfonamides is 1. The number of anilines is 1. The number of benzene rings is 1. The third kappa shape index (κ3) is 9.11. The number of carboxylic acid groups (broad SMARTS) is 2. The van der Waals surface area contributed by atoms with Crippen molar-refractivity contribution in [3.8, 4) is 11.3 Å². The molecule has 0 radical (unpaired) electrons. The average Bonchev–Trinajstić information content (AvgIpc) is 3.00. The molecule has 0 amide bonds. The molecule has 0 spiro atoms. The Morgan fingerprint density at radius 1 is 1.14 bits per heavy atom. The number of rotatable bonds is 9. The van der Waals surface area contributed by atoms with Crippen LogP contribution in [-0.2, 0) is 24.3 Å². The van der Waals surface area contributed by atoms with Gasteiger partial charge in [0.25, 0.3) is 0 Å². The van der Waals surface area contributed by atoms with Crippen molar-refractivity contribution in [2.75, 3.05) is 50.9 Å². The van der Waals surface area contributed by atoms with Crippen LogP contribution in [0.25, 0.3) is 22.3 Å². The number of piperidine rings is 1. The number of pyridine rings is 1. The number of hydrogen-bond acceptors (Lipinski definition) is 11. The second-order valence-electron chi connectivity index (χ2n) is 10.4. The molecule has 2 saturated heterocycles. The summed E-state index contributed by atoms with van der Waals surface area (Å²) in [7, 11) is -3.11. The summed E-state index contributed by atoms with van der Waals surface area (Å²) in [6, 6.07) is 10.4. The number of nitrogens with zero attached hydrogens (tertiary/aromatic N) is 4. The van der Waals surface area contributed by atoms with Crippen LogP contribution >= 0.6 is 0 Å². The number of aliphatic hydroxyl groups excluding tert-OH is 1. The van der Waals surface area contributed by atoms with Gasteiger partial charge in [-0.3, -0.25) is 9.78 Å². The number of ether oxygens (including phenoxy) is 1. The van der Waals surface area contributed by atoms with E-state index >= 15 is 0 Å². The number of nitrogens with one attached hydrogen (secondary N) is 2. The highest BCUT2D eigenvalue weighted by Crippen LogP contribution is 2.31. The van der Waals surface area contributed by atoms with Crippen LogP contribution in [0.3, 0.4) is 0 Å². The summed E-state index contributed by atoms with van der Waals surface area (Å²) in [5, 5.41) is 30.9. The maximum absolute atomic E-state index is 11.8. The molecule has 4 heterocycles. The van der Waals surface area contributed by atoms with Crippen LogP contribution in [0, 0.1) is 0 Å². The smallest absolute Gasteiger partial charge is 0.333 e. The minimum Gasteiger partial charge on any atom is -0.481 e. The molecule has 2 fully saturated rings. The third-order valence-corrected chi connectivity index (χ3v) is 8.52. The van der Waals surface area contributed by atoms with Gasteiger partial charge in [0.15, 0.2) is 11.9 Å². The highest BCUT2D eigenvalue weighted by atomic mass is 32.2. The number of aliphatic hydroxyl groups is 1. The molecule has 2 aliphatic heterocycles. The number of carboxylic acids is 2. The highest BCUT2D eigenvalue weighted by molar-refractivity contribution is 7.88. The lowest BCUT2D eigenvalue weighted by molar-refractivity contribution is -0.152. The van der Waals surface area contributed by atoms with Gasteiger partial charge < -0.3 is 30.7 Å². The summed E-state index contributed by atoms with van der Waals surface area (Å²) in [6.45, 7) is 4.18. The second kappa shape index (κ2) is 14.6. The van der Waals surface area contributed by atoms with E-state index in [2.05, 4.69) is 44.9 Å². The van der Waals surface area contributed by atoms with Crippen LogP contribution in [-0.4, -0.2) is 113 Å². The first-order valence-electron chi connectivity index (χ1n) is 13.9. The molecule has 0 aliphatic carbocycles. The van der Waals surface area contributed by atoms with E-state index in [-0.39, 0.29) is 6.10 Å². The van der Waals surface area contributed by atoms with Crippen molar-refractivity contribution in [3.05, 3.63) is 48.3 Å². The van der Waals surface area contributed by atoms with Crippen molar-refractivity contribution in [1.29, 1.82) is 0 Å². The van der Waals surface area contributed by atoms with E-state index in [1.165, 1.54) is 11.8 Å². The van der Waals surface area contributed by atoms with Gasteiger partial charge in [0.05, 0.1) is 36.6 Å². The quantitative estimate of drug-likeness (QED) is 0.229. The van der Waals surface area contributed by atoms with Gasteiger partial charge in [-0.25, -0.2) is 27.5 Å². The van der Waals surface area contributed by atoms with Crippen LogP contribution in [0.2, 0.25) is 0 Å². The molecule has 5 N–H and O–H groups in total. The summed E-state index contributed by atoms with van der Waals surface area (Å²) >= 11 is 0. The first-order chi connectivity index (χ1) is 20.5. The predicted molar refractivity (Wildman–Crippen MR) is 158 cm³/mol. The Balaban J connectivity index is 0.000000410. The molecular formula is C28H36N6O8S. The molecule has 1 unspecified atom stereocenters. The molecule has 5 rings (SSSR count). The van der Waals surface area contributed by atoms with Gasteiger partial charge >= 0.3 is 11.9 Å². The monoisotopic (exact) mass is 616 g/mol. The van der Waals surface area contributed by atoms with Crippen molar-refractivity contribution >= 4 is 38.8 Å². The molecule has 232 valence electrons. The van der Waals surface area contributed by atoms with Crippen LogP contribution in [0.5, 0.6) is 0 Å². The lowest BCUT2D eigenvalue weighted by atomic mass is 9.89. The Labute approximate surface area is 249 Å². The van der Waals surface area contributed by atoms with Crippen molar-refractivity contribution in [1.82, 2.24) is 24.6 Å². The third-order valence-electron chi connectivity index (χ3n) is 7.21. The number of fused-ring (bicyclic) bond motifs is 1. The van der Waals surface area contributed by atoms with Gasteiger partial charge in [0, 0.05) is 50.7 Å². The fourth-order valence-corrected chi connectivity index (χ4v) is 5.78. The van der Waals surface area contributed by atoms with E-state index in [1.54, 1.807) is 16.7 Å². The molecule has 14 nitrogen and oxygen atoms in total. The zero-order valence-electron chi connectivity index (χ0n) is 23.7. The largest absolute Gasteiger partial charge is 0.481 e. The molecule has 43 heavy (non-hydrogen) atoms. The molecule has 0 bridgehead atoms. The molecular weight excluding hydrogens is 580 g/mol. The van der Waals surface area contributed by atoms with Gasteiger partial charge in [-0.1, -0.05) is 24.3 Å². The van der Waals surface area contributed by atoms with E-state index in [0.29, 0.717) is 38.0 Å². The summed E-state index contributed by atoms with van der Waals surface area (Å²) in [5.74, 6) is -1.78. The molecule has 2 aliphatic rings. The van der Waals surface area contributed by atoms with Crippen molar-refractivity contribution in [2.24, 2.45) is 0 Å².